The molecule has 0 atom stereocenters. The molecule has 0 saturated heterocycles. The van der Waals surface area contributed by atoms with E-state index in [-0.39, 0.29) is 5.91 Å². The standard InChI is InChI=1S/C14H17ClN2O2S/c1-3-19-7-6-17(2)14(18)13-12(16)10-8-9(15)4-5-11(10)20-13/h4-5,8H,3,6-7,16H2,1-2H3. The molecule has 20 heavy (non-hydrogen) atoms. The number of rotatable bonds is 5. The normalized spacial score (nSPS) is 10.9. The van der Waals surface area contributed by atoms with E-state index >= 15 is 0 Å². The number of hydrogen-bond acceptors (Lipinski definition) is 4. The monoisotopic (exact) mass is 312 g/mol. The molecular formula is C14H17ClN2O2S. The van der Waals surface area contributed by atoms with Gasteiger partial charge < -0.3 is 15.4 Å². The minimum absolute atomic E-state index is 0.0838. The number of halogens is 1. The maximum absolute atomic E-state index is 12.4. The first-order valence-electron chi connectivity index (χ1n) is 6.35. The largest absolute Gasteiger partial charge is 0.397 e. The third-order valence-corrected chi connectivity index (χ3v) is 4.41. The second-order valence-electron chi connectivity index (χ2n) is 4.41. The van der Waals surface area contributed by atoms with Gasteiger partial charge in [-0.05, 0) is 25.1 Å². The zero-order chi connectivity index (χ0) is 14.7. The fraction of sp³-hybridized carbons (Fsp3) is 0.357. The number of fused-ring (bicyclic) bond motifs is 1. The summed E-state index contributed by atoms with van der Waals surface area (Å²) >= 11 is 7.36. The van der Waals surface area contributed by atoms with Gasteiger partial charge in [-0.25, -0.2) is 0 Å². The second-order valence-corrected chi connectivity index (χ2v) is 5.90. The minimum Gasteiger partial charge on any atom is -0.397 e. The SMILES string of the molecule is CCOCCN(C)C(=O)c1sc2ccc(Cl)cc2c1N. The molecular weight excluding hydrogens is 296 g/mol. The molecule has 0 spiro atoms. The van der Waals surface area contributed by atoms with Gasteiger partial charge in [0.1, 0.15) is 4.88 Å². The summed E-state index contributed by atoms with van der Waals surface area (Å²) in [6.07, 6.45) is 0. The van der Waals surface area contributed by atoms with Crippen LogP contribution in [-0.2, 0) is 4.74 Å². The summed E-state index contributed by atoms with van der Waals surface area (Å²) in [7, 11) is 1.75. The van der Waals surface area contributed by atoms with E-state index in [4.69, 9.17) is 22.1 Å². The lowest BCUT2D eigenvalue weighted by atomic mass is 10.2. The molecule has 1 aromatic carbocycles. The molecule has 108 valence electrons. The molecule has 2 N–H and O–H groups in total. The van der Waals surface area contributed by atoms with Crippen molar-refractivity contribution < 1.29 is 9.53 Å². The second kappa shape index (κ2) is 6.43. The average Bonchev–Trinajstić information content (AvgIpc) is 2.75. The summed E-state index contributed by atoms with van der Waals surface area (Å²) in [6, 6.07) is 5.47. The van der Waals surface area contributed by atoms with Crippen LogP contribution in [0.5, 0.6) is 0 Å². The molecule has 0 unspecified atom stereocenters. The van der Waals surface area contributed by atoms with E-state index in [1.54, 1.807) is 24.1 Å². The van der Waals surface area contributed by atoms with E-state index < -0.39 is 0 Å². The van der Waals surface area contributed by atoms with Crippen molar-refractivity contribution in [3.8, 4) is 0 Å². The fourth-order valence-corrected chi connectivity index (χ4v) is 3.14. The molecule has 0 aliphatic heterocycles. The van der Waals surface area contributed by atoms with Crippen LogP contribution in [0.25, 0.3) is 10.1 Å². The predicted molar refractivity (Wildman–Crippen MR) is 84.7 cm³/mol. The zero-order valence-electron chi connectivity index (χ0n) is 11.5. The van der Waals surface area contributed by atoms with Gasteiger partial charge in [0.2, 0.25) is 0 Å². The van der Waals surface area contributed by atoms with Gasteiger partial charge in [0.05, 0.1) is 12.3 Å². The molecule has 2 aromatic rings. The van der Waals surface area contributed by atoms with E-state index in [1.807, 2.05) is 13.0 Å². The average molecular weight is 313 g/mol. The number of ether oxygens (including phenoxy) is 1. The van der Waals surface area contributed by atoms with Gasteiger partial charge in [-0.1, -0.05) is 11.6 Å². The highest BCUT2D eigenvalue weighted by Crippen LogP contribution is 2.35. The van der Waals surface area contributed by atoms with Crippen LogP contribution < -0.4 is 5.73 Å². The van der Waals surface area contributed by atoms with Crippen LogP contribution in [-0.4, -0.2) is 37.6 Å². The smallest absolute Gasteiger partial charge is 0.265 e. The molecule has 0 saturated carbocycles. The number of anilines is 1. The van der Waals surface area contributed by atoms with Crippen LogP contribution in [0.1, 0.15) is 16.6 Å². The highest BCUT2D eigenvalue weighted by atomic mass is 35.5. The molecule has 0 fully saturated rings. The van der Waals surface area contributed by atoms with Crippen molar-refractivity contribution in [3.05, 3.63) is 28.1 Å². The Morgan fingerprint density at radius 1 is 1.50 bits per heavy atom. The first kappa shape index (κ1) is 15.1. The van der Waals surface area contributed by atoms with Crippen molar-refractivity contribution in [2.45, 2.75) is 6.92 Å². The molecule has 0 aliphatic rings. The van der Waals surface area contributed by atoms with Gasteiger partial charge in [0.15, 0.2) is 0 Å². The van der Waals surface area contributed by atoms with Gasteiger partial charge in [0.25, 0.3) is 5.91 Å². The number of likely N-dealkylation sites (N-methyl/N-ethyl adjacent to an activating group) is 1. The van der Waals surface area contributed by atoms with E-state index in [0.717, 1.165) is 10.1 Å². The van der Waals surface area contributed by atoms with Crippen LogP contribution in [0, 0.1) is 0 Å². The van der Waals surface area contributed by atoms with Crippen molar-refractivity contribution >= 4 is 44.6 Å². The lowest BCUT2D eigenvalue weighted by Gasteiger charge is -2.16. The van der Waals surface area contributed by atoms with E-state index in [2.05, 4.69) is 0 Å². The van der Waals surface area contributed by atoms with E-state index in [0.29, 0.717) is 35.3 Å². The van der Waals surface area contributed by atoms with Crippen molar-refractivity contribution in [1.29, 1.82) is 0 Å². The molecule has 2 rings (SSSR count). The number of benzene rings is 1. The number of thiophene rings is 1. The fourth-order valence-electron chi connectivity index (χ4n) is 1.87. The van der Waals surface area contributed by atoms with Gasteiger partial charge in [-0.2, -0.15) is 0 Å². The van der Waals surface area contributed by atoms with Crippen molar-refractivity contribution in [3.63, 3.8) is 0 Å². The van der Waals surface area contributed by atoms with Crippen molar-refractivity contribution in [2.24, 2.45) is 0 Å². The summed E-state index contributed by atoms with van der Waals surface area (Å²) in [5.41, 5.74) is 6.58. The highest BCUT2D eigenvalue weighted by molar-refractivity contribution is 7.21. The summed E-state index contributed by atoms with van der Waals surface area (Å²) in [5.74, 6) is -0.0838. The van der Waals surface area contributed by atoms with Crippen LogP contribution in [0.4, 0.5) is 5.69 Å². The Bertz CT molecular complexity index is 627. The van der Waals surface area contributed by atoms with Crippen LogP contribution in [0.15, 0.2) is 18.2 Å². The van der Waals surface area contributed by atoms with Crippen molar-refractivity contribution in [1.82, 2.24) is 4.90 Å². The lowest BCUT2D eigenvalue weighted by Crippen LogP contribution is -2.30. The maximum atomic E-state index is 12.4. The number of nitrogens with zero attached hydrogens (tertiary/aromatic N) is 1. The molecule has 1 amide bonds. The van der Waals surface area contributed by atoms with Gasteiger partial charge in [-0.15, -0.1) is 11.3 Å². The Kier molecular flexibility index (Phi) is 4.86. The number of carbonyl (C=O) groups is 1. The molecule has 1 heterocycles. The highest BCUT2D eigenvalue weighted by Gasteiger charge is 2.19. The third-order valence-electron chi connectivity index (χ3n) is 3.00. The van der Waals surface area contributed by atoms with Crippen LogP contribution in [0.2, 0.25) is 5.02 Å². The molecule has 4 nitrogen and oxygen atoms in total. The Hall–Kier alpha value is -1.30. The summed E-state index contributed by atoms with van der Waals surface area (Å²) in [6.45, 7) is 3.64. The van der Waals surface area contributed by atoms with Gasteiger partial charge in [0, 0.05) is 35.3 Å². The van der Waals surface area contributed by atoms with Gasteiger partial charge in [-0.3, -0.25) is 4.79 Å². The summed E-state index contributed by atoms with van der Waals surface area (Å²) in [5, 5.41) is 1.45. The molecule has 0 bridgehead atoms. The molecule has 0 radical (unpaired) electrons. The zero-order valence-corrected chi connectivity index (χ0v) is 13.1. The number of nitrogens with two attached hydrogens (primary N) is 1. The van der Waals surface area contributed by atoms with E-state index in [9.17, 15) is 4.79 Å². The Morgan fingerprint density at radius 3 is 2.95 bits per heavy atom. The quantitative estimate of drug-likeness (QED) is 0.862. The number of carbonyl (C=O) groups excluding carboxylic acids is 1. The maximum Gasteiger partial charge on any atom is 0.265 e. The molecule has 1 aromatic heterocycles. The Labute approximate surface area is 127 Å². The topological polar surface area (TPSA) is 55.6 Å². The minimum atomic E-state index is -0.0838. The number of nitrogen functional groups attached to an aromatic ring is 1. The van der Waals surface area contributed by atoms with Crippen molar-refractivity contribution in [2.75, 3.05) is 32.5 Å². The third kappa shape index (κ3) is 3.06. The number of hydrogen-bond donors (Lipinski definition) is 1. The van der Waals surface area contributed by atoms with Crippen LogP contribution in [0.3, 0.4) is 0 Å². The van der Waals surface area contributed by atoms with Gasteiger partial charge >= 0.3 is 0 Å². The first-order valence-corrected chi connectivity index (χ1v) is 7.54. The molecule has 6 heteroatoms. The predicted octanol–water partition coefficient (Wildman–Crippen LogP) is 3.25. The van der Waals surface area contributed by atoms with E-state index in [1.165, 1.54) is 11.3 Å². The Balaban J connectivity index is 2.24. The Morgan fingerprint density at radius 2 is 2.25 bits per heavy atom. The van der Waals surface area contributed by atoms with Crippen LogP contribution >= 0.6 is 22.9 Å². The number of amides is 1. The first-order chi connectivity index (χ1) is 9.54. The summed E-state index contributed by atoms with van der Waals surface area (Å²) in [4.78, 5) is 14.6. The molecule has 0 aliphatic carbocycles. The summed E-state index contributed by atoms with van der Waals surface area (Å²) < 4.78 is 6.22. The lowest BCUT2D eigenvalue weighted by molar-refractivity contribution is 0.0715.